The number of rotatable bonds is 3. The van der Waals surface area contributed by atoms with Crippen molar-refractivity contribution in [3.05, 3.63) is 94.9 Å². The molecule has 3 aromatic rings. The minimum Gasteiger partial charge on any atom is -0.467 e. The Labute approximate surface area is 152 Å². The van der Waals surface area contributed by atoms with Gasteiger partial charge in [0.1, 0.15) is 11.8 Å². The summed E-state index contributed by atoms with van der Waals surface area (Å²) in [5, 5.41) is 6.22. The van der Waals surface area contributed by atoms with Crippen LogP contribution >= 0.6 is 0 Å². The molecule has 1 aliphatic heterocycles. The lowest BCUT2D eigenvalue weighted by atomic mass is 10.0. The highest BCUT2D eigenvalue weighted by molar-refractivity contribution is 6.05. The molecule has 4 rings (SSSR count). The van der Waals surface area contributed by atoms with Crippen LogP contribution in [0.4, 0.5) is 0 Å². The van der Waals surface area contributed by atoms with Crippen molar-refractivity contribution in [3.8, 4) is 0 Å². The summed E-state index contributed by atoms with van der Waals surface area (Å²) < 4.78 is 5.59. The van der Waals surface area contributed by atoms with Crippen LogP contribution in [0.15, 0.2) is 76.4 Å². The van der Waals surface area contributed by atoms with Gasteiger partial charge in [0.05, 0.1) is 12.0 Å². The lowest BCUT2D eigenvalue weighted by Gasteiger charge is -2.20. The van der Waals surface area contributed by atoms with Gasteiger partial charge >= 0.3 is 0 Å². The largest absolute Gasteiger partial charge is 0.467 e. The van der Waals surface area contributed by atoms with Crippen molar-refractivity contribution in [3.63, 3.8) is 0 Å². The van der Waals surface area contributed by atoms with Gasteiger partial charge in [-0.3, -0.25) is 4.79 Å². The van der Waals surface area contributed by atoms with Gasteiger partial charge in [0, 0.05) is 12.0 Å². The van der Waals surface area contributed by atoms with Crippen LogP contribution < -0.4 is 0 Å². The average Bonchev–Trinajstić information content (AvgIpc) is 3.32. The van der Waals surface area contributed by atoms with Crippen molar-refractivity contribution in [1.82, 2.24) is 5.01 Å². The van der Waals surface area contributed by atoms with E-state index in [1.54, 1.807) is 11.3 Å². The molecule has 0 spiro atoms. The molecule has 2 heterocycles. The number of amides is 1. The first-order valence-electron chi connectivity index (χ1n) is 8.70. The van der Waals surface area contributed by atoms with Crippen molar-refractivity contribution in [1.29, 1.82) is 0 Å². The van der Waals surface area contributed by atoms with Gasteiger partial charge in [0.2, 0.25) is 0 Å². The molecule has 0 bridgehead atoms. The zero-order chi connectivity index (χ0) is 18.1. The van der Waals surface area contributed by atoms with E-state index in [0.717, 1.165) is 22.6 Å². The molecule has 26 heavy (non-hydrogen) atoms. The molecule has 130 valence electrons. The molecule has 1 atom stereocenters. The van der Waals surface area contributed by atoms with Crippen molar-refractivity contribution in [2.24, 2.45) is 5.10 Å². The lowest BCUT2D eigenvalue weighted by Crippen LogP contribution is -2.26. The van der Waals surface area contributed by atoms with Crippen LogP contribution in [0.5, 0.6) is 0 Å². The first-order chi connectivity index (χ1) is 12.6. The van der Waals surface area contributed by atoms with Crippen molar-refractivity contribution in [2.75, 3.05) is 0 Å². The molecule has 2 aromatic carbocycles. The predicted octanol–water partition coefficient (Wildman–Crippen LogP) is 4.89. The Morgan fingerprint density at radius 3 is 2.27 bits per heavy atom. The molecular formula is C22H20N2O2. The van der Waals surface area contributed by atoms with E-state index in [4.69, 9.17) is 4.42 Å². The smallest absolute Gasteiger partial charge is 0.274 e. The first-order valence-corrected chi connectivity index (χ1v) is 8.70. The number of carbonyl (C=O) groups excluding carboxylic acids is 1. The fourth-order valence-corrected chi connectivity index (χ4v) is 3.15. The minimum atomic E-state index is -0.227. The molecule has 0 aliphatic carbocycles. The summed E-state index contributed by atoms with van der Waals surface area (Å²) in [4.78, 5) is 13.1. The predicted molar refractivity (Wildman–Crippen MR) is 101 cm³/mol. The van der Waals surface area contributed by atoms with E-state index in [0.29, 0.717) is 12.0 Å². The summed E-state index contributed by atoms with van der Waals surface area (Å²) in [6.07, 6.45) is 2.27. The minimum absolute atomic E-state index is 0.117. The molecule has 4 heteroatoms. The Hall–Kier alpha value is -3.14. The summed E-state index contributed by atoms with van der Waals surface area (Å²) in [7, 11) is 0. The monoisotopic (exact) mass is 344 g/mol. The van der Waals surface area contributed by atoms with Crippen molar-refractivity contribution >= 4 is 11.6 Å². The van der Waals surface area contributed by atoms with Crippen molar-refractivity contribution < 1.29 is 9.21 Å². The van der Waals surface area contributed by atoms with Gasteiger partial charge in [-0.25, -0.2) is 5.01 Å². The number of benzene rings is 2. The lowest BCUT2D eigenvalue weighted by molar-refractivity contribution is 0.0693. The first kappa shape index (κ1) is 16.3. The van der Waals surface area contributed by atoms with Crippen LogP contribution in [0.25, 0.3) is 0 Å². The van der Waals surface area contributed by atoms with E-state index >= 15 is 0 Å². The van der Waals surface area contributed by atoms with Crippen LogP contribution in [0.3, 0.4) is 0 Å². The molecule has 0 unspecified atom stereocenters. The fraction of sp³-hybridized carbons (Fsp3) is 0.182. The maximum atomic E-state index is 13.1. The second kappa shape index (κ2) is 6.64. The van der Waals surface area contributed by atoms with E-state index in [1.165, 1.54) is 5.56 Å². The molecule has 0 N–H and O–H groups in total. The van der Waals surface area contributed by atoms with Crippen LogP contribution in [0.1, 0.15) is 45.3 Å². The van der Waals surface area contributed by atoms with Gasteiger partial charge in [-0.05, 0) is 43.7 Å². The van der Waals surface area contributed by atoms with Crippen LogP contribution in [-0.2, 0) is 0 Å². The van der Waals surface area contributed by atoms with Crippen molar-refractivity contribution in [2.45, 2.75) is 26.3 Å². The molecular weight excluding hydrogens is 324 g/mol. The molecule has 1 amide bonds. The number of hydrazone groups is 1. The number of carbonyl (C=O) groups is 1. The third-order valence-electron chi connectivity index (χ3n) is 4.67. The highest BCUT2D eigenvalue weighted by Gasteiger charge is 2.35. The SMILES string of the molecule is Cc1ccc(C(=O)N2N=C(c3ccc(C)cc3)C[C@H]2c2ccco2)cc1. The zero-order valence-electron chi connectivity index (χ0n) is 14.8. The van der Waals surface area contributed by atoms with E-state index in [2.05, 4.69) is 24.2 Å². The Balaban J connectivity index is 1.70. The third kappa shape index (κ3) is 3.06. The summed E-state index contributed by atoms with van der Waals surface area (Å²) in [6, 6.07) is 19.3. The average molecular weight is 344 g/mol. The quantitative estimate of drug-likeness (QED) is 0.679. The molecule has 0 radical (unpaired) electrons. The summed E-state index contributed by atoms with van der Waals surface area (Å²) in [5.74, 6) is 0.629. The molecule has 0 saturated carbocycles. The molecule has 0 saturated heterocycles. The third-order valence-corrected chi connectivity index (χ3v) is 4.67. The van der Waals surface area contributed by atoms with Gasteiger partial charge in [-0.15, -0.1) is 0 Å². The Kier molecular flexibility index (Phi) is 4.17. The van der Waals surface area contributed by atoms with E-state index in [9.17, 15) is 4.79 Å². The van der Waals surface area contributed by atoms with Crippen LogP contribution in [0, 0.1) is 13.8 Å². The van der Waals surface area contributed by atoms with Crippen LogP contribution in [0.2, 0.25) is 0 Å². The molecule has 1 aliphatic rings. The standard InChI is InChI=1S/C22H20N2O2/c1-15-5-9-17(10-6-15)19-14-20(21-4-3-13-26-21)24(23-19)22(25)18-11-7-16(2)8-12-18/h3-13,20H,14H2,1-2H3/t20-/m0/s1. The molecule has 4 nitrogen and oxygen atoms in total. The fourth-order valence-electron chi connectivity index (χ4n) is 3.15. The van der Waals surface area contributed by atoms with E-state index in [-0.39, 0.29) is 11.9 Å². The van der Waals surface area contributed by atoms with Gasteiger partial charge < -0.3 is 4.42 Å². The number of hydrogen-bond donors (Lipinski definition) is 0. The van der Waals surface area contributed by atoms with E-state index < -0.39 is 0 Å². The Morgan fingerprint density at radius 1 is 1.00 bits per heavy atom. The summed E-state index contributed by atoms with van der Waals surface area (Å²) >= 11 is 0. The second-order valence-electron chi connectivity index (χ2n) is 6.66. The maximum Gasteiger partial charge on any atom is 0.274 e. The summed E-state index contributed by atoms with van der Waals surface area (Å²) in [5.41, 5.74) is 4.87. The van der Waals surface area contributed by atoms with Gasteiger partial charge in [-0.1, -0.05) is 47.5 Å². The van der Waals surface area contributed by atoms with Gasteiger partial charge in [0.15, 0.2) is 0 Å². The normalized spacial score (nSPS) is 16.6. The number of hydrogen-bond acceptors (Lipinski definition) is 3. The molecule has 0 fully saturated rings. The van der Waals surface area contributed by atoms with E-state index in [1.807, 2.05) is 55.5 Å². The van der Waals surface area contributed by atoms with Gasteiger partial charge in [-0.2, -0.15) is 5.10 Å². The maximum absolute atomic E-state index is 13.1. The Bertz CT molecular complexity index is 939. The van der Waals surface area contributed by atoms with Crippen LogP contribution in [-0.4, -0.2) is 16.6 Å². The number of furan rings is 1. The highest BCUT2D eigenvalue weighted by Crippen LogP contribution is 2.34. The highest BCUT2D eigenvalue weighted by atomic mass is 16.3. The van der Waals surface area contributed by atoms with Gasteiger partial charge in [0.25, 0.3) is 5.91 Å². The summed E-state index contributed by atoms with van der Waals surface area (Å²) in [6.45, 7) is 4.06. The second-order valence-corrected chi connectivity index (χ2v) is 6.66. The Morgan fingerprint density at radius 2 is 1.65 bits per heavy atom. The number of nitrogens with zero attached hydrogens (tertiary/aromatic N) is 2. The zero-order valence-corrected chi connectivity index (χ0v) is 14.8. The number of aryl methyl sites for hydroxylation is 2. The topological polar surface area (TPSA) is 45.8 Å². The molecule has 1 aromatic heterocycles.